The molecule has 0 aromatic heterocycles. The van der Waals surface area contributed by atoms with Crippen molar-refractivity contribution in [1.82, 2.24) is 0 Å². The van der Waals surface area contributed by atoms with Gasteiger partial charge in [0.05, 0.1) is 15.9 Å². The first kappa shape index (κ1) is 13.0. The molecule has 0 saturated carbocycles. The maximum absolute atomic E-state index is 14.0. The molecule has 1 aliphatic rings. The molecule has 1 heterocycles. The van der Waals surface area contributed by atoms with Crippen molar-refractivity contribution in [2.45, 2.75) is 15.0 Å². The van der Waals surface area contributed by atoms with Crippen LogP contribution in [0.2, 0.25) is 0 Å². The predicted octanol–water partition coefficient (Wildman–Crippen LogP) is 4.78. The van der Waals surface area contributed by atoms with Crippen molar-refractivity contribution >= 4 is 22.4 Å². The van der Waals surface area contributed by atoms with Gasteiger partial charge in [0.1, 0.15) is 5.82 Å². The van der Waals surface area contributed by atoms with E-state index in [-0.39, 0.29) is 16.8 Å². The van der Waals surface area contributed by atoms with Gasteiger partial charge in [0.2, 0.25) is 0 Å². The van der Waals surface area contributed by atoms with Crippen molar-refractivity contribution < 1.29 is 13.5 Å². The second-order valence-electron chi connectivity index (χ2n) is 4.40. The van der Waals surface area contributed by atoms with Crippen LogP contribution < -0.4 is 0 Å². The zero-order valence-electron chi connectivity index (χ0n) is 9.99. The van der Waals surface area contributed by atoms with E-state index in [1.807, 2.05) is 30.3 Å². The molecule has 3 rings (SSSR count). The summed E-state index contributed by atoms with van der Waals surface area (Å²) < 4.78 is 34.1. The Morgan fingerprint density at radius 3 is 2.53 bits per heavy atom. The Labute approximate surface area is 117 Å². The van der Waals surface area contributed by atoms with Gasteiger partial charge in [-0.3, -0.25) is 9.11 Å². The van der Waals surface area contributed by atoms with E-state index in [0.717, 1.165) is 4.90 Å². The molecule has 1 atom stereocenters. The zero-order chi connectivity index (χ0) is 13.5. The molecule has 19 heavy (non-hydrogen) atoms. The van der Waals surface area contributed by atoms with Gasteiger partial charge in [0.25, 0.3) is 0 Å². The highest BCUT2D eigenvalue weighted by Gasteiger charge is 2.37. The third-order valence-electron chi connectivity index (χ3n) is 3.09. The largest absolute Gasteiger partial charge is 0.295 e. The molecule has 2 aromatic rings. The molecule has 5 heteroatoms. The summed E-state index contributed by atoms with van der Waals surface area (Å²) in [5.41, 5.74) is 0.441. The summed E-state index contributed by atoms with van der Waals surface area (Å²) in [6.07, 6.45) is 0. The molecule has 0 saturated heterocycles. The molecule has 2 N–H and O–H groups in total. The van der Waals surface area contributed by atoms with Crippen LogP contribution in [-0.2, 0) is 0 Å². The lowest BCUT2D eigenvalue weighted by Crippen LogP contribution is -1.98. The highest BCUT2D eigenvalue weighted by atomic mass is 32.3. The smallest absolute Gasteiger partial charge is 0.129 e. The summed E-state index contributed by atoms with van der Waals surface area (Å²) in [7, 11) is -2.86. The van der Waals surface area contributed by atoms with E-state index in [4.69, 9.17) is 0 Å². The van der Waals surface area contributed by atoms with Gasteiger partial charge >= 0.3 is 0 Å². The van der Waals surface area contributed by atoms with Crippen molar-refractivity contribution in [3.05, 3.63) is 59.9 Å². The van der Waals surface area contributed by atoms with E-state index in [1.54, 1.807) is 6.07 Å². The average Bonchev–Trinajstić information content (AvgIpc) is 2.63. The molecule has 2 nitrogen and oxygen atoms in total. The molecular formula is C14H13FO2S2. The topological polar surface area (TPSA) is 40.5 Å². The molecule has 0 radical (unpaired) electrons. The van der Waals surface area contributed by atoms with Crippen molar-refractivity contribution in [2.24, 2.45) is 0 Å². The number of fused-ring (bicyclic) bond motifs is 1. The second-order valence-corrected chi connectivity index (χ2v) is 7.79. The Bertz CT molecular complexity index is 602. The lowest BCUT2D eigenvalue weighted by atomic mass is 10.1. The molecule has 100 valence electrons. The molecular weight excluding hydrogens is 283 g/mol. The first-order valence-corrected chi connectivity index (χ1v) is 8.43. The van der Waals surface area contributed by atoms with Crippen LogP contribution in [0.1, 0.15) is 10.8 Å². The Hall–Kier alpha value is -1.01. The van der Waals surface area contributed by atoms with Crippen LogP contribution in [-0.4, -0.2) is 14.9 Å². The maximum atomic E-state index is 14.0. The van der Waals surface area contributed by atoms with Gasteiger partial charge < -0.3 is 0 Å². The molecule has 0 bridgehead atoms. The minimum Gasteiger partial charge on any atom is -0.295 e. The van der Waals surface area contributed by atoms with Gasteiger partial charge in [-0.15, -0.1) is 11.8 Å². The highest BCUT2D eigenvalue weighted by Crippen LogP contribution is 2.63. The summed E-state index contributed by atoms with van der Waals surface area (Å²) in [6.45, 7) is 0. The summed E-state index contributed by atoms with van der Waals surface area (Å²) in [5, 5.41) is -0.247. The average molecular weight is 296 g/mol. The number of rotatable bonds is 2. The monoisotopic (exact) mass is 296 g/mol. The fourth-order valence-electron chi connectivity index (χ4n) is 2.26. The zero-order valence-corrected chi connectivity index (χ0v) is 11.6. The lowest BCUT2D eigenvalue weighted by molar-refractivity contribution is 0.491. The van der Waals surface area contributed by atoms with Gasteiger partial charge in [-0.1, -0.05) is 24.3 Å². The number of thioether (sulfide) groups is 1. The van der Waals surface area contributed by atoms with Crippen LogP contribution in [0.4, 0.5) is 4.39 Å². The Balaban J connectivity index is 1.98. The summed E-state index contributed by atoms with van der Waals surface area (Å²) in [6, 6.07) is 14.1. The first-order valence-electron chi connectivity index (χ1n) is 5.84. The van der Waals surface area contributed by atoms with E-state index in [9.17, 15) is 13.5 Å². The van der Waals surface area contributed by atoms with Crippen molar-refractivity contribution in [1.29, 1.82) is 0 Å². The highest BCUT2D eigenvalue weighted by molar-refractivity contribution is 8.25. The Kier molecular flexibility index (Phi) is 3.30. The summed E-state index contributed by atoms with van der Waals surface area (Å²) in [4.78, 5) is 1.36. The molecule has 0 fully saturated rings. The molecule has 1 aliphatic heterocycles. The van der Waals surface area contributed by atoms with E-state index in [2.05, 4.69) is 0 Å². The fourth-order valence-corrected chi connectivity index (χ4v) is 5.83. The molecule has 0 aliphatic carbocycles. The van der Waals surface area contributed by atoms with E-state index >= 15 is 0 Å². The summed E-state index contributed by atoms with van der Waals surface area (Å²) >= 11 is 1.47. The Morgan fingerprint density at radius 2 is 1.79 bits per heavy atom. The van der Waals surface area contributed by atoms with Crippen LogP contribution >= 0.6 is 22.4 Å². The van der Waals surface area contributed by atoms with Crippen LogP contribution in [0.15, 0.2) is 58.3 Å². The molecule has 1 unspecified atom stereocenters. The van der Waals surface area contributed by atoms with Gasteiger partial charge in [0.15, 0.2) is 0 Å². The number of benzene rings is 2. The van der Waals surface area contributed by atoms with E-state index in [0.29, 0.717) is 10.5 Å². The second kappa shape index (κ2) is 4.83. The van der Waals surface area contributed by atoms with Crippen LogP contribution in [0.5, 0.6) is 0 Å². The van der Waals surface area contributed by atoms with Gasteiger partial charge in [0, 0.05) is 10.5 Å². The van der Waals surface area contributed by atoms with Crippen molar-refractivity contribution in [3.63, 3.8) is 0 Å². The fraction of sp³-hybridized carbons (Fsp3) is 0.143. The third kappa shape index (κ3) is 2.39. The van der Waals surface area contributed by atoms with Crippen LogP contribution in [0.3, 0.4) is 0 Å². The number of halogens is 1. The minimum atomic E-state index is -2.86. The van der Waals surface area contributed by atoms with Crippen LogP contribution in [0, 0.1) is 5.82 Å². The molecule has 0 amide bonds. The standard InChI is InChI=1S/C14H13FO2S2/c15-11-7-4-8-13-14(11)12(9-19(13,16)17)18-10-5-2-1-3-6-10/h1-8,12,16-17H,9H2. The van der Waals surface area contributed by atoms with E-state index in [1.165, 1.54) is 23.9 Å². The summed E-state index contributed by atoms with van der Waals surface area (Å²) in [5.74, 6) is -0.175. The van der Waals surface area contributed by atoms with Crippen molar-refractivity contribution in [2.75, 3.05) is 5.75 Å². The minimum absolute atomic E-state index is 0.183. The maximum Gasteiger partial charge on any atom is 0.129 e. The SMILES string of the molecule is OS1(O)CC(Sc2ccccc2)c2c(F)cccc21. The van der Waals surface area contributed by atoms with Gasteiger partial charge in [-0.05, 0) is 24.3 Å². The first-order chi connectivity index (χ1) is 9.08. The molecule has 2 aromatic carbocycles. The van der Waals surface area contributed by atoms with Gasteiger partial charge in [-0.25, -0.2) is 4.39 Å². The predicted molar refractivity (Wildman–Crippen MR) is 77.4 cm³/mol. The van der Waals surface area contributed by atoms with E-state index < -0.39 is 10.6 Å². The lowest BCUT2D eigenvalue weighted by Gasteiger charge is -2.27. The quantitative estimate of drug-likeness (QED) is 0.837. The van der Waals surface area contributed by atoms with Crippen LogP contribution in [0.25, 0.3) is 0 Å². The number of hydrogen-bond acceptors (Lipinski definition) is 3. The van der Waals surface area contributed by atoms with Crippen molar-refractivity contribution in [3.8, 4) is 0 Å². The number of hydrogen-bond donors (Lipinski definition) is 2. The van der Waals surface area contributed by atoms with Gasteiger partial charge in [-0.2, -0.15) is 10.6 Å². The third-order valence-corrected chi connectivity index (χ3v) is 6.39. The molecule has 0 spiro atoms. The Morgan fingerprint density at radius 1 is 1.05 bits per heavy atom. The normalized spacial score (nSPS) is 21.9.